The Morgan fingerprint density at radius 2 is 2.16 bits per heavy atom. The zero-order valence-electron chi connectivity index (χ0n) is 9.52. The van der Waals surface area contributed by atoms with Crippen LogP contribution in [0.4, 0.5) is 0 Å². The maximum absolute atomic E-state index is 10.9. The fourth-order valence-electron chi connectivity index (χ4n) is 1.90. The van der Waals surface area contributed by atoms with Crippen molar-refractivity contribution in [3.8, 4) is 5.75 Å². The van der Waals surface area contributed by atoms with E-state index >= 15 is 0 Å². The van der Waals surface area contributed by atoms with E-state index in [0.717, 1.165) is 0 Å². The van der Waals surface area contributed by atoms with Crippen LogP contribution < -0.4 is 5.73 Å². The molecule has 4 atom stereocenters. The fraction of sp³-hybridized carbons (Fsp3) is 0.556. The predicted octanol–water partition coefficient (Wildman–Crippen LogP) is -3.53. The van der Waals surface area contributed by atoms with Crippen LogP contribution in [0.2, 0.25) is 0 Å². The van der Waals surface area contributed by atoms with E-state index in [0.29, 0.717) is 0 Å². The number of nitrogens with zero attached hydrogens (tertiary/aromatic N) is 1. The highest BCUT2D eigenvalue weighted by atomic mass is 16.7. The van der Waals surface area contributed by atoms with Gasteiger partial charge in [-0.05, 0) is 0 Å². The molecular formula is C9H13N3O7. The van der Waals surface area contributed by atoms with E-state index < -0.39 is 53.8 Å². The summed E-state index contributed by atoms with van der Waals surface area (Å²) in [5.74, 6) is -4.41. The van der Waals surface area contributed by atoms with Crippen molar-refractivity contribution in [2.24, 2.45) is 5.73 Å². The summed E-state index contributed by atoms with van der Waals surface area (Å²) in [5, 5.41) is 53.6. The molecule has 0 bridgehead atoms. The summed E-state index contributed by atoms with van der Waals surface area (Å²) in [5.41, 5.74) is 3.85. The Kier molecular flexibility index (Phi) is 3.20. The van der Waals surface area contributed by atoms with Crippen molar-refractivity contribution in [1.29, 1.82) is 0 Å². The number of hydrogen-bond donors (Lipinski definition) is 7. The van der Waals surface area contributed by atoms with E-state index in [4.69, 9.17) is 15.6 Å². The summed E-state index contributed by atoms with van der Waals surface area (Å²) in [6, 6.07) is 0. The van der Waals surface area contributed by atoms with Crippen LogP contribution in [-0.2, 0) is 10.5 Å². The molecule has 106 valence electrons. The Morgan fingerprint density at radius 3 is 2.58 bits per heavy atom. The highest BCUT2D eigenvalue weighted by molar-refractivity contribution is 5.93. The number of amides is 1. The van der Waals surface area contributed by atoms with Crippen LogP contribution in [0.15, 0.2) is 0 Å². The molecule has 1 aromatic heterocycles. The van der Waals surface area contributed by atoms with Gasteiger partial charge >= 0.3 is 0 Å². The molecule has 2 heterocycles. The van der Waals surface area contributed by atoms with Gasteiger partial charge in [0, 0.05) is 0 Å². The monoisotopic (exact) mass is 275 g/mol. The Labute approximate surface area is 106 Å². The number of aliphatic hydroxyl groups excluding tert-OH is 3. The molecule has 2 rings (SSSR count). The Hall–Kier alpha value is -1.72. The van der Waals surface area contributed by atoms with Gasteiger partial charge in [-0.1, -0.05) is 0 Å². The lowest BCUT2D eigenvalue weighted by molar-refractivity contribution is -0.242. The van der Waals surface area contributed by atoms with Gasteiger partial charge in [0.2, 0.25) is 5.79 Å². The van der Waals surface area contributed by atoms with Crippen molar-refractivity contribution in [3.63, 3.8) is 0 Å². The highest BCUT2D eigenvalue weighted by Gasteiger charge is 2.57. The van der Waals surface area contributed by atoms with Crippen LogP contribution in [0.5, 0.6) is 5.75 Å². The summed E-state index contributed by atoms with van der Waals surface area (Å²) in [6.45, 7) is -0.672. The molecule has 1 aromatic rings. The molecule has 19 heavy (non-hydrogen) atoms. The maximum atomic E-state index is 10.9. The number of H-pyrrole nitrogens is 1. The molecule has 1 amide bonds. The van der Waals surface area contributed by atoms with Gasteiger partial charge < -0.3 is 36.0 Å². The second-order valence-electron chi connectivity index (χ2n) is 4.13. The summed E-state index contributed by atoms with van der Waals surface area (Å²) >= 11 is 0. The van der Waals surface area contributed by atoms with Crippen molar-refractivity contribution in [3.05, 3.63) is 11.4 Å². The summed E-state index contributed by atoms with van der Waals surface area (Å²) in [4.78, 5) is 10.9. The molecule has 8 N–H and O–H groups in total. The van der Waals surface area contributed by atoms with Crippen LogP contribution >= 0.6 is 0 Å². The molecule has 0 unspecified atom stereocenters. The largest absolute Gasteiger partial charge is 0.504 e. The van der Waals surface area contributed by atoms with E-state index in [1.807, 2.05) is 0 Å². The fourth-order valence-corrected chi connectivity index (χ4v) is 1.90. The normalized spacial score (nSPS) is 34.6. The van der Waals surface area contributed by atoms with Gasteiger partial charge in [-0.3, -0.25) is 9.89 Å². The molecule has 1 aliphatic heterocycles. The number of aliphatic hydroxyl groups is 4. The second kappa shape index (κ2) is 4.43. The van der Waals surface area contributed by atoms with E-state index in [-0.39, 0.29) is 0 Å². The molecule has 0 aliphatic carbocycles. The van der Waals surface area contributed by atoms with E-state index in [2.05, 4.69) is 10.2 Å². The minimum absolute atomic E-state index is 0.485. The van der Waals surface area contributed by atoms with Crippen molar-refractivity contribution < 1.29 is 35.1 Å². The van der Waals surface area contributed by atoms with Crippen molar-refractivity contribution >= 4 is 5.91 Å². The van der Waals surface area contributed by atoms with Crippen LogP contribution in [0.3, 0.4) is 0 Å². The average molecular weight is 275 g/mol. The van der Waals surface area contributed by atoms with Crippen molar-refractivity contribution in [1.82, 2.24) is 10.2 Å². The van der Waals surface area contributed by atoms with Gasteiger partial charge in [-0.2, -0.15) is 5.10 Å². The smallest absolute Gasteiger partial charge is 0.270 e. The number of hydrogen-bond acceptors (Lipinski definition) is 8. The maximum Gasteiger partial charge on any atom is 0.270 e. The van der Waals surface area contributed by atoms with Gasteiger partial charge in [-0.15, -0.1) is 0 Å². The van der Waals surface area contributed by atoms with Crippen LogP contribution in [0, 0.1) is 0 Å². The molecule has 10 nitrogen and oxygen atoms in total. The number of carbonyl (C=O) groups is 1. The second-order valence-corrected chi connectivity index (χ2v) is 4.13. The molecule has 1 saturated heterocycles. The lowest BCUT2D eigenvalue weighted by atomic mass is 10.0. The zero-order valence-corrected chi connectivity index (χ0v) is 9.52. The van der Waals surface area contributed by atoms with E-state index in [1.54, 1.807) is 0 Å². The first kappa shape index (κ1) is 13.7. The van der Waals surface area contributed by atoms with E-state index in [9.17, 15) is 25.2 Å². The average Bonchev–Trinajstić information content (AvgIpc) is 2.84. The number of aromatic nitrogens is 2. The number of primary amides is 1. The molecule has 0 radical (unpaired) electrons. The van der Waals surface area contributed by atoms with Gasteiger partial charge in [0.1, 0.15) is 18.3 Å². The molecule has 1 fully saturated rings. The van der Waals surface area contributed by atoms with Gasteiger partial charge in [-0.25, -0.2) is 0 Å². The first-order valence-electron chi connectivity index (χ1n) is 5.27. The van der Waals surface area contributed by atoms with Crippen LogP contribution in [-0.4, -0.2) is 66.6 Å². The third kappa shape index (κ3) is 1.86. The Morgan fingerprint density at radius 1 is 1.53 bits per heavy atom. The number of nitrogens with two attached hydrogens (primary N) is 1. The van der Waals surface area contributed by atoms with Gasteiger partial charge in [0.25, 0.3) is 5.91 Å². The van der Waals surface area contributed by atoms with Crippen LogP contribution in [0.25, 0.3) is 0 Å². The first-order valence-corrected chi connectivity index (χ1v) is 5.27. The van der Waals surface area contributed by atoms with Crippen molar-refractivity contribution in [2.75, 3.05) is 6.61 Å². The van der Waals surface area contributed by atoms with Crippen molar-refractivity contribution in [2.45, 2.75) is 24.1 Å². The molecule has 0 saturated carbocycles. The quantitative estimate of drug-likeness (QED) is 0.296. The first-order chi connectivity index (χ1) is 8.82. The molecular weight excluding hydrogens is 262 g/mol. The number of aromatic hydroxyl groups is 1. The lowest BCUT2D eigenvalue weighted by Crippen LogP contribution is -2.41. The topological polar surface area (TPSA) is 182 Å². The number of carbonyl (C=O) groups excluding carboxylic acids is 1. The number of ether oxygens (including phenoxy) is 1. The molecule has 10 heteroatoms. The lowest BCUT2D eigenvalue weighted by Gasteiger charge is -2.23. The Bertz CT molecular complexity index is 504. The van der Waals surface area contributed by atoms with Gasteiger partial charge in [0.15, 0.2) is 17.1 Å². The minimum Gasteiger partial charge on any atom is -0.504 e. The van der Waals surface area contributed by atoms with E-state index in [1.165, 1.54) is 0 Å². The minimum atomic E-state index is -2.57. The molecule has 0 aromatic carbocycles. The molecule has 1 aliphatic rings. The zero-order chi connectivity index (χ0) is 14.4. The summed E-state index contributed by atoms with van der Waals surface area (Å²) in [6.07, 6.45) is -4.74. The number of rotatable bonds is 3. The number of nitrogens with one attached hydrogen (secondary N) is 1. The SMILES string of the molecule is NC(=O)c1[nH]nc([C@@]2(O)O[C@H](CO)[C@@H](O)[C@H]2O)c1O. The third-order valence-electron chi connectivity index (χ3n) is 2.94. The van der Waals surface area contributed by atoms with Crippen LogP contribution in [0.1, 0.15) is 16.2 Å². The van der Waals surface area contributed by atoms with Gasteiger partial charge in [0.05, 0.1) is 6.61 Å². The highest BCUT2D eigenvalue weighted by Crippen LogP contribution is 2.40. The number of aromatic amines is 1. The standard InChI is InChI=1S/C9H13N3O7/c10-8(17)3-5(15)6(12-11-3)9(18)7(16)4(14)2(1-13)19-9/h2,4,7,13-16,18H,1H2,(H2,10,17)(H,11,12)/t2-,4-,7-,9-/m1/s1. The summed E-state index contributed by atoms with van der Waals surface area (Å²) in [7, 11) is 0. The third-order valence-corrected chi connectivity index (χ3v) is 2.94. The Balaban J connectivity index is 2.43. The predicted molar refractivity (Wildman–Crippen MR) is 56.6 cm³/mol. The summed E-state index contributed by atoms with van der Waals surface area (Å²) < 4.78 is 4.89. The molecule has 0 spiro atoms.